The van der Waals surface area contributed by atoms with Crippen molar-refractivity contribution in [1.29, 1.82) is 0 Å². The van der Waals surface area contributed by atoms with Crippen LogP contribution in [0.15, 0.2) is 12.7 Å². The summed E-state index contributed by atoms with van der Waals surface area (Å²) in [6.45, 7) is 0. The minimum atomic E-state index is -0.415. The molecule has 70 valence electrons. The molecular weight excluding hydrogens is 186 g/mol. The fourth-order valence-electron chi connectivity index (χ4n) is 1.56. The van der Waals surface area contributed by atoms with Crippen molar-refractivity contribution in [2.75, 3.05) is 11.5 Å². The Kier molecular flexibility index (Phi) is 2.35. The predicted octanol–water partition coefficient (Wildman–Crippen LogP) is 0.699. The Bertz CT molecular complexity index is 280. The van der Waals surface area contributed by atoms with Gasteiger partial charge in [-0.25, -0.2) is 9.67 Å². The number of carbonyl (C=O) groups excluding carboxylic acids is 1. The Morgan fingerprint density at radius 1 is 1.46 bits per heavy atom. The minimum Gasteiger partial charge on any atom is -0.301 e. The van der Waals surface area contributed by atoms with Crippen LogP contribution in [0.1, 0.15) is 12.8 Å². The summed E-state index contributed by atoms with van der Waals surface area (Å²) in [5.41, 5.74) is -0.415. The largest absolute Gasteiger partial charge is 0.301 e. The molecule has 0 N–H and O–H groups in total. The van der Waals surface area contributed by atoms with E-state index in [-0.39, 0.29) is 0 Å². The van der Waals surface area contributed by atoms with Crippen LogP contribution in [0.2, 0.25) is 0 Å². The molecule has 1 aromatic rings. The van der Waals surface area contributed by atoms with Gasteiger partial charge in [0.15, 0.2) is 0 Å². The Morgan fingerprint density at radius 3 is 2.77 bits per heavy atom. The summed E-state index contributed by atoms with van der Waals surface area (Å²) in [4.78, 5) is 15.0. The van der Waals surface area contributed by atoms with Crippen molar-refractivity contribution in [3.05, 3.63) is 12.7 Å². The minimum absolute atomic E-state index is 0.415. The Labute approximate surface area is 80.7 Å². The SMILES string of the molecule is O=CC1(n2cncn2)CCSCC1. The second-order valence-electron chi connectivity index (χ2n) is 3.17. The lowest BCUT2D eigenvalue weighted by Crippen LogP contribution is -2.39. The van der Waals surface area contributed by atoms with Crippen molar-refractivity contribution in [2.45, 2.75) is 18.4 Å². The number of hydrogen-bond donors (Lipinski definition) is 0. The molecule has 0 saturated carbocycles. The van der Waals surface area contributed by atoms with Crippen molar-refractivity contribution >= 4 is 18.0 Å². The van der Waals surface area contributed by atoms with Gasteiger partial charge in [0.25, 0.3) is 0 Å². The highest BCUT2D eigenvalue weighted by Crippen LogP contribution is 2.30. The van der Waals surface area contributed by atoms with Crippen LogP contribution in [0.3, 0.4) is 0 Å². The maximum absolute atomic E-state index is 11.1. The van der Waals surface area contributed by atoms with Gasteiger partial charge in [0.2, 0.25) is 0 Å². The van der Waals surface area contributed by atoms with E-state index in [4.69, 9.17) is 0 Å². The topological polar surface area (TPSA) is 47.8 Å². The van der Waals surface area contributed by atoms with Gasteiger partial charge >= 0.3 is 0 Å². The molecule has 0 spiro atoms. The summed E-state index contributed by atoms with van der Waals surface area (Å²) >= 11 is 1.89. The molecule has 1 aliphatic rings. The highest BCUT2D eigenvalue weighted by atomic mass is 32.2. The number of nitrogens with zero attached hydrogens (tertiary/aromatic N) is 3. The standard InChI is InChI=1S/C8H11N3OS/c12-5-8(1-3-13-4-2-8)11-7-9-6-10-11/h5-7H,1-4H2. The van der Waals surface area contributed by atoms with Crippen LogP contribution in [-0.4, -0.2) is 32.6 Å². The van der Waals surface area contributed by atoms with Crippen molar-refractivity contribution in [3.63, 3.8) is 0 Å². The zero-order valence-corrected chi connectivity index (χ0v) is 8.04. The summed E-state index contributed by atoms with van der Waals surface area (Å²) in [6, 6.07) is 0. The van der Waals surface area contributed by atoms with Crippen LogP contribution in [0.5, 0.6) is 0 Å². The number of aromatic nitrogens is 3. The normalized spacial score (nSPS) is 21.2. The smallest absolute Gasteiger partial charge is 0.147 e. The van der Waals surface area contributed by atoms with E-state index < -0.39 is 5.54 Å². The molecule has 0 atom stereocenters. The van der Waals surface area contributed by atoms with Crippen LogP contribution in [0.25, 0.3) is 0 Å². The van der Waals surface area contributed by atoms with Gasteiger partial charge in [0.1, 0.15) is 24.5 Å². The summed E-state index contributed by atoms with van der Waals surface area (Å²) < 4.78 is 1.69. The molecule has 13 heavy (non-hydrogen) atoms. The summed E-state index contributed by atoms with van der Waals surface area (Å²) in [6.07, 6.45) is 5.85. The molecule has 0 unspecified atom stereocenters. The molecule has 5 heteroatoms. The molecule has 0 bridgehead atoms. The van der Waals surface area contributed by atoms with Crippen molar-refractivity contribution in [1.82, 2.24) is 14.8 Å². The molecule has 1 fully saturated rings. The summed E-state index contributed by atoms with van der Waals surface area (Å²) in [5.74, 6) is 2.05. The number of hydrogen-bond acceptors (Lipinski definition) is 4. The first kappa shape index (κ1) is 8.74. The van der Waals surface area contributed by atoms with Gasteiger partial charge in [-0.1, -0.05) is 0 Å². The van der Waals surface area contributed by atoms with Gasteiger partial charge in [0, 0.05) is 0 Å². The van der Waals surface area contributed by atoms with Crippen LogP contribution < -0.4 is 0 Å². The zero-order valence-electron chi connectivity index (χ0n) is 7.22. The predicted molar refractivity (Wildman–Crippen MR) is 50.6 cm³/mol. The van der Waals surface area contributed by atoms with E-state index in [9.17, 15) is 4.79 Å². The van der Waals surface area contributed by atoms with Crippen LogP contribution in [0, 0.1) is 0 Å². The van der Waals surface area contributed by atoms with Gasteiger partial charge in [-0.3, -0.25) is 0 Å². The van der Waals surface area contributed by atoms with Crippen LogP contribution in [0.4, 0.5) is 0 Å². The molecule has 4 nitrogen and oxygen atoms in total. The van der Waals surface area contributed by atoms with Gasteiger partial charge in [-0.15, -0.1) is 0 Å². The van der Waals surface area contributed by atoms with E-state index in [2.05, 4.69) is 10.1 Å². The molecule has 1 aliphatic heterocycles. The highest BCUT2D eigenvalue weighted by molar-refractivity contribution is 7.99. The lowest BCUT2D eigenvalue weighted by Gasteiger charge is -2.31. The summed E-state index contributed by atoms with van der Waals surface area (Å²) in [5, 5.41) is 4.05. The van der Waals surface area contributed by atoms with Gasteiger partial charge in [-0.2, -0.15) is 16.9 Å². The summed E-state index contributed by atoms with van der Waals surface area (Å²) in [7, 11) is 0. The maximum atomic E-state index is 11.1. The number of rotatable bonds is 2. The zero-order chi connectivity index (χ0) is 9.15. The fraction of sp³-hybridized carbons (Fsp3) is 0.625. The van der Waals surface area contributed by atoms with Crippen molar-refractivity contribution in [2.24, 2.45) is 0 Å². The highest BCUT2D eigenvalue weighted by Gasteiger charge is 2.34. The third-order valence-electron chi connectivity index (χ3n) is 2.45. The molecular formula is C8H11N3OS. The Hall–Kier alpha value is -0.840. The first-order chi connectivity index (χ1) is 6.37. The van der Waals surface area contributed by atoms with Crippen molar-refractivity contribution in [3.8, 4) is 0 Å². The third-order valence-corrected chi connectivity index (χ3v) is 3.44. The fourth-order valence-corrected chi connectivity index (χ4v) is 2.76. The van der Waals surface area contributed by atoms with Gasteiger partial charge in [0.05, 0.1) is 0 Å². The molecule has 2 heterocycles. The Balaban J connectivity index is 2.28. The lowest BCUT2D eigenvalue weighted by molar-refractivity contribution is -0.116. The number of thioether (sulfide) groups is 1. The molecule has 0 radical (unpaired) electrons. The first-order valence-corrected chi connectivity index (χ1v) is 5.42. The van der Waals surface area contributed by atoms with E-state index in [0.29, 0.717) is 0 Å². The van der Waals surface area contributed by atoms with Crippen molar-refractivity contribution < 1.29 is 4.79 Å². The quantitative estimate of drug-likeness (QED) is 0.655. The van der Waals surface area contributed by atoms with Gasteiger partial charge < -0.3 is 4.79 Å². The first-order valence-electron chi connectivity index (χ1n) is 4.27. The molecule has 0 amide bonds. The third kappa shape index (κ3) is 1.48. The van der Waals surface area contributed by atoms with E-state index in [1.165, 1.54) is 6.33 Å². The molecule has 2 rings (SSSR count). The average Bonchev–Trinajstić information content (AvgIpc) is 2.72. The van der Waals surface area contributed by atoms with E-state index in [0.717, 1.165) is 30.6 Å². The molecule has 0 aromatic carbocycles. The molecule has 0 aliphatic carbocycles. The van der Waals surface area contributed by atoms with Crippen LogP contribution >= 0.6 is 11.8 Å². The lowest BCUT2D eigenvalue weighted by atomic mass is 9.95. The van der Waals surface area contributed by atoms with E-state index in [1.807, 2.05) is 11.8 Å². The monoisotopic (exact) mass is 197 g/mol. The molecule has 1 aromatic heterocycles. The Morgan fingerprint density at radius 2 is 2.23 bits per heavy atom. The number of carbonyl (C=O) groups is 1. The second kappa shape index (κ2) is 3.49. The molecule has 1 saturated heterocycles. The second-order valence-corrected chi connectivity index (χ2v) is 4.40. The average molecular weight is 197 g/mol. The maximum Gasteiger partial charge on any atom is 0.147 e. The van der Waals surface area contributed by atoms with E-state index >= 15 is 0 Å². The van der Waals surface area contributed by atoms with Gasteiger partial charge in [-0.05, 0) is 24.3 Å². The number of aldehydes is 1. The van der Waals surface area contributed by atoms with E-state index in [1.54, 1.807) is 11.0 Å². The van der Waals surface area contributed by atoms with Crippen LogP contribution in [-0.2, 0) is 10.3 Å².